The molecule has 8 nitrogen and oxygen atoms in total. The molecular weight excluding hydrogens is 344 g/mol. The van der Waals surface area contributed by atoms with E-state index in [0.717, 1.165) is 28.6 Å². The van der Waals surface area contributed by atoms with Crippen molar-refractivity contribution in [2.45, 2.75) is 12.3 Å². The molecule has 0 saturated carbocycles. The number of urea groups is 1. The number of primary amides is 1. The maximum absolute atomic E-state index is 11.1. The van der Waals surface area contributed by atoms with Gasteiger partial charge in [-0.1, -0.05) is 0 Å². The maximum atomic E-state index is 11.1. The molecule has 1 fully saturated rings. The molecule has 4 rings (SSSR count). The highest BCUT2D eigenvalue weighted by Gasteiger charge is 2.21. The van der Waals surface area contributed by atoms with Gasteiger partial charge in [-0.05, 0) is 24.6 Å². The Hall–Kier alpha value is -3.44. The van der Waals surface area contributed by atoms with Crippen LogP contribution in [0.4, 0.5) is 10.6 Å². The lowest BCUT2D eigenvalue weighted by atomic mass is 10.0. The molecule has 3 aromatic heterocycles. The Morgan fingerprint density at radius 1 is 1.44 bits per heavy atom. The number of ether oxygens (including phenoxy) is 1. The van der Waals surface area contributed by atoms with Crippen LogP contribution in [0.5, 0.6) is 0 Å². The zero-order valence-corrected chi connectivity index (χ0v) is 14.8. The molecule has 1 aliphatic rings. The number of hydrogen-bond donors (Lipinski definition) is 2. The van der Waals surface area contributed by atoms with E-state index in [4.69, 9.17) is 15.5 Å². The first-order chi connectivity index (χ1) is 13.0. The summed E-state index contributed by atoms with van der Waals surface area (Å²) in [5.74, 6) is 0.559. The van der Waals surface area contributed by atoms with Crippen molar-refractivity contribution in [3.63, 3.8) is 0 Å². The summed E-state index contributed by atoms with van der Waals surface area (Å²) in [5, 5.41) is 12.8. The van der Waals surface area contributed by atoms with E-state index in [0.29, 0.717) is 30.3 Å². The molecule has 4 heterocycles. The minimum atomic E-state index is -0.674. The van der Waals surface area contributed by atoms with Crippen molar-refractivity contribution in [3.05, 3.63) is 41.9 Å². The molecule has 0 radical (unpaired) electrons. The number of anilines is 1. The number of pyridine rings is 2. The lowest BCUT2D eigenvalue weighted by Gasteiger charge is -2.10. The molecule has 136 valence electrons. The maximum Gasteiger partial charge on any atom is 0.317 e. The van der Waals surface area contributed by atoms with E-state index in [-0.39, 0.29) is 5.92 Å². The molecule has 1 aliphatic heterocycles. The molecule has 1 saturated heterocycles. The second-order valence-electron chi connectivity index (χ2n) is 6.57. The Bertz CT molecular complexity index is 1080. The summed E-state index contributed by atoms with van der Waals surface area (Å²) in [6.45, 7) is 1.33. The van der Waals surface area contributed by atoms with Crippen molar-refractivity contribution in [2.24, 2.45) is 12.8 Å². The lowest BCUT2D eigenvalue weighted by molar-refractivity contribution is 0.193. The normalized spacial score (nSPS) is 16.4. The molecule has 0 aliphatic carbocycles. The van der Waals surface area contributed by atoms with Crippen molar-refractivity contribution >= 4 is 22.8 Å². The van der Waals surface area contributed by atoms with E-state index in [9.17, 15) is 10.1 Å². The zero-order valence-electron chi connectivity index (χ0n) is 14.8. The van der Waals surface area contributed by atoms with Gasteiger partial charge in [0.05, 0.1) is 35.6 Å². The molecule has 1 atom stereocenters. The Kier molecular flexibility index (Phi) is 4.22. The second-order valence-corrected chi connectivity index (χ2v) is 6.57. The van der Waals surface area contributed by atoms with Gasteiger partial charge in [0.2, 0.25) is 0 Å². The van der Waals surface area contributed by atoms with Gasteiger partial charge in [0.25, 0.3) is 0 Å². The molecule has 27 heavy (non-hydrogen) atoms. The Balaban J connectivity index is 1.87. The van der Waals surface area contributed by atoms with Crippen LogP contribution in [0.15, 0.2) is 30.6 Å². The Labute approximate surface area is 155 Å². The van der Waals surface area contributed by atoms with Crippen molar-refractivity contribution < 1.29 is 9.53 Å². The van der Waals surface area contributed by atoms with Gasteiger partial charge in [-0.3, -0.25) is 10.3 Å². The molecule has 1 unspecified atom stereocenters. The van der Waals surface area contributed by atoms with E-state index in [1.807, 2.05) is 23.9 Å². The monoisotopic (exact) mass is 362 g/mol. The van der Waals surface area contributed by atoms with Crippen LogP contribution < -0.4 is 11.1 Å². The number of nitrogens with one attached hydrogen (secondary N) is 1. The fourth-order valence-electron chi connectivity index (χ4n) is 3.41. The summed E-state index contributed by atoms with van der Waals surface area (Å²) >= 11 is 0. The molecule has 2 amide bonds. The van der Waals surface area contributed by atoms with Gasteiger partial charge in [0, 0.05) is 42.4 Å². The van der Waals surface area contributed by atoms with Crippen LogP contribution in [0.25, 0.3) is 22.2 Å². The first kappa shape index (κ1) is 17.0. The predicted molar refractivity (Wildman–Crippen MR) is 100 cm³/mol. The van der Waals surface area contributed by atoms with Crippen LogP contribution in [0, 0.1) is 11.3 Å². The minimum Gasteiger partial charge on any atom is -0.381 e. The summed E-state index contributed by atoms with van der Waals surface area (Å²) < 4.78 is 7.41. The van der Waals surface area contributed by atoms with E-state index in [2.05, 4.69) is 16.4 Å². The third-order valence-electron chi connectivity index (χ3n) is 4.73. The number of aryl methyl sites for hydroxylation is 1. The average molecular weight is 362 g/mol. The van der Waals surface area contributed by atoms with Gasteiger partial charge >= 0.3 is 6.03 Å². The number of aromatic nitrogens is 3. The molecule has 3 N–H and O–H groups in total. The highest BCUT2D eigenvalue weighted by Crippen LogP contribution is 2.33. The average Bonchev–Trinajstić information content (AvgIpc) is 3.29. The van der Waals surface area contributed by atoms with E-state index >= 15 is 0 Å². The summed E-state index contributed by atoms with van der Waals surface area (Å²) in [4.78, 5) is 20.2. The number of nitrogens with zero attached hydrogens (tertiary/aromatic N) is 4. The molecule has 3 aromatic rings. The van der Waals surface area contributed by atoms with Gasteiger partial charge in [-0.2, -0.15) is 5.26 Å². The molecule has 0 aromatic carbocycles. The van der Waals surface area contributed by atoms with Crippen LogP contribution in [-0.2, 0) is 11.8 Å². The Morgan fingerprint density at radius 2 is 2.30 bits per heavy atom. The summed E-state index contributed by atoms with van der Waals surface area (Å²) in [7, 11) is 1.91. The number of carbonyl (C=O) groups is 1. The van der Waals surface area contributed by atoms with Crippen molar-refractivity contribution in [1.82, 2.24) is 14.5 Å². The van der Waals surface area contributed by atoms with Gasteiger partial charge in [0.1, 0.15) is 5.82 Å². The Morgan fingerprint density at radius 3 is 3.00 bits per heavy atom. The first-order valence-corrected chi connectivity index (χ1v) is 8.57. The van der Waals surface area contributed by atoms with Gasteiger partial charge in [-0.15, -0.1) is 0 Å². The largest absolute Gasteiger partial charge is 0.381 e. The van der Waals surface area contributed by atoms with E-state index in [1.54, 1.807) is 18.3 Å². The van der Waals surface area contributed by atoms with Crippen LogP contribution in [0.1, 0.15) is 23.6 Å². The number of nitrogens with two attached hydrogens (primary N) is 1. The summed E-state index contributed by atoms with van der Waals surface area (Å²) in [6, 6.07) is 6.91. The summed E-state index contributed by atoms with van der Waals surface area (Å²) in [5.41, 5.74) is 9.07. The van der Waals surface area contributed by atoms with Crippen LogP contribution in [0.2, 0.25) is 0 Å². The topological polar surface area (TPSA) is 119 Å². The van der Waals surface area contributed by atoms with Crippen LogP contribution in [-0.4, -0.2) is 33.8 Å². The number of nitriles is 1. The fourth-order valence-corrected chi connectivity index (χ4v) is 3.41. The molecule has 0 spiro atoms. The van der Waals surface area contributed by atoms with Crippen molar-refractivity contribution in [3.8, 4) is 17.3 Å². The quantitative estimate of drug-likeness (QED) is 0.742. The number of amides is 2. The number of fused-ring (bicyclic) bond motifs is 1. The van der Waals surface area contributed by atoms with E-state index in [1.165, 1.54) is 0 Å². The van der Waals surface area contributed by atoms with Crippen LogP contribution in [0.3, 0.4) is 0 Å². The lowest BCUT2D eigenvalue weighted by Crippen LogP contribution is -2.19. The van der Waals surface area contributed by atoms with Crippen molar-refractivity contribution in [2.75, 3.05) is 18.5 Å². The second kappa shape index (κ2) is 6.70. The highest BCUT2D eigenvalue weighted by molar-refractivity contribution is 5.98. The number of carbonyl (C=O) groups excluding carboxylic acids is 1. The number of rotatable bonds is 3. The highest BCUT2D eigenvalue weighted by atomic mass is 16.5. The minimum absolute atomic E-state index is 0.195. The summed E-state index contributed by atoms with van der Waals surface area (Å²) in [6.07, 6.45) is 4.51. The van der Waals surface area contributed by atoms with Gasteiger partial charge < -0.3 is 15.0 Å². The standard InChI is InChI=1S/C19H18N6O2/c1-25-9-14(13-6-18(24-19(21)26)22-8-17(13)25)16-5-11(7-20)4-15(23-16)12-2-3-27-10-12/h4-6,8-9,12H,2-3,10H2,1H3,(H3,21,22,24,26). The van der Waals surface area contributed by atoms with Gasteiger partial charge in [0.15, 0.2) is 0 Å². The third kappa shape index (κ3) is 3.20. The third-order valence-corrected chi connectivity index (χ3v) is 4.73. The predicted octanol–water partition coefficient (Wildman–Crippen LogP) is 2.50. The van der Waals surface area contributed by atoms with Gasteiger partial charge in [-0.25, -0.2) is 9.78 Å². The van der Waals surface area contributed by atoms with E-state index < -0.39 is 6.03 Å². The molecular formula is C19H18N6O2. The molecule has 8 heteroatoms. The van der Waals surface area contributed by atoms with Crippen molar-refractivity contribution in [1.29, 1.82) is 5.26 Å². The van der Waals surface area contributed by atoms with Crippen LogP contribution >= 0.6 is 0 Å². The number of hydrogen-bond acceptors (Lipinski definition) is 5. The first-order valence-electron chi connectivity index (χ1n) is 8.57. The fraction of sp³-hybridized carbons (Fsp3) is 0.263. The smallest absolute Gasteiger partial charge is 0.317 e. The zero-order chi connectivity index (χ0) is 19.0. The SMILES string of the molecule is Cn1cc(-c2cc(C#N)cc(C3CCOC3)n2)c2cc(NC(N)=O)ncc21. The molecule has 0 bridgehead atoms.